The van der Waals surface area contributed by atoms with Crippen LogP contribution in [0.2, 0.25) is 0 Å². The molecule has 1 aliphatic rings. The van der Waals surface area contributed by atoms with Crippen LogP contribution in [0.5, 0.6) is 0 Å². The number of carbonyl (C=O) groups excluding carboxylic acids is 4. The Morgan fingerprint density at radius 1 is 1.04 bits per heavy atom. The number of ether oxygens (including phenoxy) is 5. The number of carbonyl (C=O) groups is 4. The van der Waals surface area contributed by atoms with Crippen molar-refractivity contribution in [2.24, 2.45) is 0 Å². The van der Waals surface area contributed by atoms with Gasteiger partial charge in [-0.05, 0) is 0 Å². The molecular formula is C14H18O9. The van der Waals surface area contributed by atoms with Gasteiger partial charge in [-0.25, -0.2) is 4.79 Å². The van der Waals surface area contributed by atoms with Crippen LogP contribution in [0.25, 0.3) is 0 Å². The zero-order chi connectivity index (χ0) is 17.6. The van der Waals surface area contributed by atoms with E-state index in [1.165, 1.54) is 6.92 Å². The van der Waals surface area contributed by atoms with E-state index in [0.717, 1.165) is 27.2 Å². The lowest BCUT2D eigenvalue weighted by atomic mass is 9.98. The molecule has 0 bridgehead atoms. The summed E-state index contributed by atoms with van der Waals surface area (Å²) in [5, 5.41) is 0. The summed E-state index contributed by atoms with van der Waals surface area (Å²) in [7, 11) is 1.14. The van der Waals surface area contributed by atoms with Gasteiger partial charge in [0.2, 0.25) is 0 Å². The van der Waals surface area contributed by atoms with E-state index in [1.54, 1.807) is 0 Å². The Kier molecular flexibility index (Phi) is 6.55. The van der Waals surface area contributed by atoms with Crippen molar-refractivity contribution in [3.05, 3.63) is 11.8 Å². The van der Waals surface area contributed by atoms with E-state index < -0.39 is 42.2 Å². The summed E-state index contributed by atoms with van der Waals surface area (Å²) in [6.45, 7) is 3.22. The SMILES string of the molecule is COC(=O)C1=CO[C@H](COC(C)=O)[C@@H](OC(C)=O)[C@@H]1OC(C)=O. The molecule has 9 nitrogen and oxygen atoms in total. The molecule has 0 amide bonds. The van der Waals surface area contributed by atoms with Crippen LogP contribution >= 0.6 is 0 Å². The Bertz CT molecular complexity index is 522. The van der Waals surface area contributed by atoms with Crippen LogP contribution in [0.3, 0.4) is 0 Å². The van der Waals surface area contributed by atoms with Crippen molar-refractivity contribution < 1.29 is 42.9 Å². The lowest BCUT2D eigenvalue weighted by Gasteiger charge is -2.35. The monoisotopic (exact) mass is 330 g/mol. The van der Waals surface area contributed by atoms with Crippen molar-refractivity contribution in [1.29, 1.82) is 0 Å². The molecule has 0 fully saturated rings. The minimum absolute atomic E-state index is 0.131. The van der Waals surface area contributed by atoms with Gasteiger partial charge in [-0.2, -0.15) is 0 Å². The molecule has 23 heavy (non-hydrogen) atoms. The van der Waals surface area contributed by atoms with Crippen LogP contribution in [0.1, 0.15) is 20.8 Å². The summed E-state index contributed by atoms with van der Waals surface area (Å²) in [5.74, 6) is -2.76. The van der Waals surface area contributed by atoms with Crippen molar-refractivity contribution in [2.75, 3.05) is 13.7 Å². The first-order valence-electron chi connectivity index (χ1n) is 6.67. The second kappa shape index (κ2) is 8.16. The summed E-state index contributed by atoms with van der Waals surface area (Å²) in [4.78, 5) is 45.3. The molecular weight excluding hydrogens is 312 g/mol. The van der Waals surface area contributed by atoms with E-state index in [0.29, 0.717) is 0 Å². The van der Waals surface area contributed by atoms with Gasteiger partial charge < -0.3 is 23.7 Å². The molecule has 9 heteroatoms. The number of hydrogen-bond acceptors (Lipinski definition) is 9. The molecule has 1 heterocycles. The predicted molar refractivity (Wildman–Crippen MR) is 72.7 cm³/mol. The average molecular weight is 330 g/mol. The van der Waals surface area contributed by atoms with Crippen molar-refractivity contribution in [3.8, 4) is 0 Å². The van der Waals surface area contributed by atoms with Crippen LogP contribution in [0.15, 0.2) is 11.8 Å². The minimum atomic E-state index is -1.24. The van der Waals surface area contributed by atoms with Gasteiger partial charge >= 0.3 is 23.9 Å². The molecule has 1 aliphatic heterocycles. The summed E-state index contributed by atoms with van der Waals surface area (Å²) in [6, 6.07) is 0. The zero-order valence-corrected chi connectivity index (χ0v) is 13.2. The third-order valence-electron chi connectivity index (χ3n) is 2.81. The number of rotatable bonds is 5. The second-order valence-corrected chi connectivity index (χ2v) is 4.65. The van der Waals surface area contributed by atoms with Gasteiger partial charge in [-0.3, -0.25) is 14.4 Å². The van der Waals surface area contributed by atoms with Crippen LogP contribution in [0, 0.1) is 0 Å². The highest BCUT2D eigenvalue weighted by Gasteiger charge is 2.44. The summed E-state index contributed by atoms with van der Waals surface area (Å²) >= 11 is 0. The van der Waals surface area contributed by atoms with Crippen molar-refractivity contribution in [1.82, 2.24) is 0 Å². The third-order valence-corrected chi connectivity index (χ3v) is 2.81. The van der Waals surface area contributed by atoms with Crippen LogP contribution in [-0.2, 0) is 42.9 Å². The predicted octanol–water partition coefficient (Wildman–Crippen LogP) is -0.131. The maximum Gasteiger partial charge on any atom is 0.340 e. The van der Waals surface area contributed by atoms with Crippen LogP contribution in [-0.4, -0.2) is 55.9 Å². The van der Waals surface area contributed by atoms with E-state index in [-0.39, 0.29) is 12.2 Å². The Balaban J connectivity index is 3.12. The molecule has 0 aromatic heterocycles. The largest absolute Gasteiger partial charge is 0.490 e. The smallest absolute Gasteiger partial charge is 0.340 e. The highest BCUT2D eigenvalue weighted by Crippen LogP contribution is 2.26. The third kappa shape index (κ3) is 5.28. The second-order valence-electron chi connectivity index (χ2n) is 4.65. The molecule has 1 rings (SSSR count). The lowest BCUT2D eigenvalue weighted by molar-refractivity contribution is -0.182. The fraction of sp³-hybridized carbons (Fsp3) is 0.571. The van der Waals surface area contributed by atoms with Crippen LogP contribution in [0.4, 0.5) is 0 Å². The highest BCUT2D eigenvalue weighted by atomic mass is 16.6. The molecule has 0 aromatic carbocycles. The van der Waals surface area contributed by atoms with Crippen LogP contribution < -0.4 is 0 Å². The molecule has 128 valence electrons. The summed E-state index contributed by atoms with van der Waals surface area (Å²) in [5.41, 5.74) is -0.131. The maximum atomic E-state index is 11.8. The first-order chi connectivity index (χ1) is 10.8. The Labute approximate surface area is 132 Å². The molecule has 0 saturated carbocycles. The van der Waals surface area contributed by atoms with E-state index in [1.807, 2.05) is 0 Å². The molecule has 0 aliphatic carbocycles. The number of esters is 4. The Morgan fingerprint density at radius 2 is 1.65 bits per heavy atom. The van der Waals surface area contributed by atoms with Crippen molar-refractivity contribution >= 4 is 23.9 Å². The van der Waals surface area contributed by atoms with Gasteiger partial charge in [0.15, 0.2) is 18.3 Å². The van der Waals surface area contributed by atoms with Gasteiger partial charge in [0, 0.05) is 20.8 Å². The first kappa shape index (κ1) is 18.5. The molecule has 0 aromatic rings. The summed E-state index contributed by atoms with van der Waals surface area (Å²) < 4.78 is 24.9. The van der Waals surface area contributed by atoms with E-state index in [4.69, 9.17) is 18.9 Å². The van der Waals surface area contributed by atoms with Crippen molar-refractivity contribution in [3.63, 3.8) is 0 Å². The molecule has 0 spiro atoms. The fourth-order valence-corrected chi connectivity index (χ4v) is 1.93. The normalized spacial score (nSPS) is 23.0. The van der Waals surface area contributed by atoms with Gasteiger partial charge in [0.25, 0.3) is 0 Å². The van der Waals surface area contributed by atoms with Gasteiger partial charge in [0.05, 0.1) is 13.4 Å². The van der Waals surface area contributed by atoms with Gasteiger partial charge in [0.1, 0.15) is 12.2 Å². The first-order valence-corrected chi connectivity index (χ1v) is 6.67. The van der Waals surface area contributed by atoms with E-state index in [2.05, 4.69) is 4.74 Å². The maximum absolute atomic E-state index is 11.8. The molecule has 3 atom stereocenters. The number of methoxy groups -OCH3 is 1. The van der Waals surface area contributed by atoms with Crippen molar-refractivity contribution in [2.45, 2.75) is 39.1 Å². The topological polar surface area (TPSA) is 114 Å². The Hall–Kier alpha value is -2.58. The number of hydrogen-bond donors (Lipinski definition) is 0. The minimum Gasteiger partial charge on any atom is -0.490 e. The molecule has 0 radical (unpaired) electrons. The zero-order valence-electron chi connectivity index (χ0n) is 13.2. The molecule has 0 N–H and O–H groups in total. The van der Waals surface area contributed by atoms with Gasteiger partial charge in [-0.15, -0.1) is 0 Å². The Morgan fingerprint density at radius 3 is 2.13 bits per heavy atom. The highest BCUT2D eigenvalue weighted by molar-refractivity contribution is 5.90. The average Bonchev–Trinajstić information content (AvgIpc) is 2.45. The summed E-state index contributed by atoms with van der Waals surface area (Å²) in [6.07, 6.45) is -2.32. The van der Waals surface area contributed by atoms with Gasteiger partial charge in [-0.1, -0.05) is 0 Å². The lowest BCUT2D eigenvalue weighted by Crippen LogP contribution is -2.50. The molecule has 0 unspecified atom stereocenters. The van der Waals surface area contributed by atoms with E-state index in [9.17, 15) is 19.2 Å². The molecule has 0 saturated heterocycles. The van der Waals surface area contributed by atoms with E-state index >= 15 is 0 Å². The quantitative estimate of drug-likeness (QED) is 0.502. The fourth-order valence-electron chi connectivity index (χ4n) is 1.93. The standard InChI is InChI=1S/C14H18O9/c1-7(15)20-6-11-13(23-9(3)17)12(22-8(2)16)10(5-21-11)14(18)19-4/h5,11-13H,6H2,1-4H3/t11-,12-,13-/m1/s1.